The first-order valence-corrected chi connectivity index (χ1v) is 12.4. The fraction of sp³-hybridized carbons (Fsp3) is 0.682. The molecule has 2 fully saturated rings. The van der Waals surface area contributed by atoms with Crippen LogP contribution in [0.1, 0.15) is 44.6 Å². The zero-order valence-electron chi connectivity index (χ0n) is 17.6. The fourth-order valence-electron chi connectivity index (χ4n) is 4.28. The van der Waals surface area contributed by atoms with Crippen molar-refractivity contribution in [3.63, 3.8) is 0 Å². The number of rotatable bonds is 9. The number of guanidine groups is 1. The molecule has 2 aliphatic rings. The quantitative estimate of drug-likeness (QED) is 0.291. The lowest BCUT2D eigenvalue weighted by atomic mass is 10.1. The van der Waals surface area contributed by atoms with Crippen LogP contribution >= 0.6 is 24.0 Å². The maximum absolute atomic E-state index is 12.3. The average Bonchev–Trinajstić information content (AvgIpc) is 3.35. The van der Waals surface area contributed by atoms with E-state index in [2.05, 4.69) is 27.4 Å². The SMILES string of the molecule is CCNC(=NCCS(=O)Cc1ccccc1)NC1CCN(CC2CCCC2)C1.I. The predicted molar refractivity (Wildman–Crippen MR) is 134 cm³/mol. The highest BCUT2D eigenvalue weighted by Gasteiger charge is 2.26. The van der Waals surface area contributed by atoms with Crippen LogP contribution in [0.2, 0.25) is 0 Å². The minimum atomic E-state index is -0.875. The number of benzene rings is 1. The Balaban J connectivity index is 0.00000300. The molecule has 0 bridgehead atoms. The van der Waals surface area contributed by atoms with Crippen LogP contribution in [-0.2, 0) is 16.6 Å². The van der Waals surface area contributed by atoms with Crippen LogP contribution in [0.15, 0.2) is 35.3 Å². The van der Waals surface area contributed by atoms with E-state index in [4.69, 9.17) is 0 Å². The van der Waals surface area contributed by atoms with Crippen molar-refractivity contribution in [2.45, 2.75) is 50.8 Å². The number of halogens is 1. The Hall–Kier alpha value is -0.670. The molecule has 0 radical (unpaired) electrons. The topological polar surface area (TPSA) is 56.7 Å². The fourth-order valence-corrected chi connectivity index (χ4v) is 5.28. The van der Waals surface area contributed by atoms with Crippen LogP contribution in [-0.4, -0.2) is 59.6 Å². The molecular weight excluding hydrogens is 495 g/mol. The van der Waals surface area contributed by atoms with Crippen molar-refractivity contribution in [3.8, 4) is 0 Å². The molecule has 1 aromatic carbocycles. The second-order valence-corrected chi connectivity index (χ2v) is 9.65. The Morgan fingerprint density at radius 1 is 1.21 bits per heavy atom. The molecule has 2 N–H and O–H groups in total. The molecule has 5 nitrogen and oxygen atoms in total. The summed E-state index contributed by atoms with van der Waals surface area (Å²) in [6.07, 6.45) is 6.85. The van der Waals surface area contributed by atoms with Gasteiger partial charge in [0.15, 0.2) is 5.96 Å². The molecule has 1 heterocycles. The first kappa shape index (κ1) is 24.6. The van der Waals surface area contributed by atoms with E-state index in [0.29, 0.717) is 24.1 Å². The summed E-state index contributed by atoms with van der Waals surface area (Å²) in [6, 6.07) is 10.5. The molecule has 0 amide bonds. The number of likely N-dealkylation sites (tertiary alicyclic amines) is 1. The molecule has 2 atom stereocenters. The third kappa shape index (κ3) is 8.92. The van der Waals surface area contributed by atoms with Crippen LogP contribution in [0.4, 0.5) is 0 Å². The smallest absolute Gasteiger partial charge is 0.191 e. The first-order valence-electron chi connectivity index (χ1n) is 10.9. The van der Waals surface area contributed by atoms with Crippen LogP contribution in [0.3, 0.4) is 0 Å². The van der Waals surface area contributed by atoms with Gasteiger partial charge in [0.2, 0.25) is 0 Å². The highest BCUT2D eigenvalue weighted by molar-refractivity contribution is 14.0. The first-order chi connectivity index (χ1) is 13.7. The molecule has 1 aliphatic heterocycles. The highest BCUT2D eigenvalue weighted by Crippen LogP contribution is 2.26. The molecule has 3 rings (SSSR count). The van der Waals surface area contributed by atoms with Crippen molar-refractivity contribution in [2.24, 2.45) is 10.9 Å². The van der Waals surface area contributed by atoms with E-state index in [1.54, 1.807) is 0 Å². The summed E-state index contributed by atoms with van der Waals surface area (Å²) >= 11 is 0. The lowest BCUT2D eigenvalue weighted by Gasteiger charge is -2.21. The molecule has 2 unspecified atom stereocenters. The zero-order valence-corrected chi connectivity index (χ0v) is 20.8. The second kappa shape index (κ2) is 13.6. The summed E-state index contributed by atoms with van der Waals surface area (Å²) in [6.45, 7) is 7.09. The van der Waals surface area contributed by atoms with Gasteiger partial charge in [0.1, 0.15) is 0 Å². The van der Waals surface area contributed by atoms with Crippen molar-refractivity contribution in [1.29, 1.82) is 0 Å². The van der Waals surface area contributed by atoms with Crippen molar-refractivity contribution in [1.82, 2.24) is 15.5 Å². The van der Waals surface area contributed by atoms with Gasteiger partial charge in [-0.25, -0.2) is 0 Å². The molecule has 7 heteroatoms. The van der Waals surface area contributed by atoms with Gasteiger partial charge >= 0.3 is 0 Å². The third-order valence-electron chi connectivity index (χ3n) is 5.71. The molecule has 164 valence electrons. The van der Waals surface area contributed by atoms with E-state index in [9.17, 15) is 4.21 Å². The normalized spacial score (nSPS) is 21.7. The van der Waals surface area contributed by atoms with Crippen molar-refractivity contribution >= 4 is 40.7 Å². The summed E-state index contributed by atoms with van der Waals surface area (Å²) in [5.41, 5.74) is 1.13. The maximum Gasteiger partial charge on any atom is 0.191 e. The Morgan fingerprint density at radius 2 is 1.97 bits per heavy atom. The van der Waals surface area contributed by atoms with Gasteiger partial charge in [0.05, 0.1) is 6.54 Å². The number of nitrogens with one attached hydrogen (secondary N) is 2. The van der Waals surface area contributed by atoms with Gasteiger partial charge in [-0.1, -0.05) is 43.2 Å². The molecule has 29 heavy (non-hydrogen) atoms. The molecule has 1 aliphatic carbocycles. The van der Waals surface area contributed by atoms with Crippen LogP contribution in [0.25, 0.3) is 0 Å². The molecule has 1 saturated carbocycles. The zero-order chi connectivity index (χ0) is 19.6. The lowest BCUT2D eigenvalue weighted by molar-refractivity contribution is 0.275. The van der Waals surface area contributed by atoms with Crippen molar-refractivity contribution in [3.05, 3.63) is 35.9 Å². The summed E-state index contributed by atoms with van der Waals surface area (Å²) in [7, 11) is -0.875. The third-order valence-corrected chi connectivity index (χ3v) is 7.00. The van der Waals surface area contributed by atoms with Crippen molar-refractivity contribution < 1.29 is 4.21 Å². The van der Waals surface area contributed by atoms with Crippen LogP contribution < -0.4 is 10.6 Å². The summed E-state index contributed by atoms with van der Waals surface area (Å²) in [5.74, 6) is 3.00. The maximum atomic E-state index is 12.3. The molecule has 0 spiro atoms. The van der Waals surface area contributed by atoms with Gasteiger partial charge < -0.3 is 15.5 Å². The van der Waals surface area contributed by atoms with Gasteiger partial charge in [-0.05, 0) is 37.7 Å². The monoisotopic (exact) mass is 532 g/mol. The summed E-state index contributed by atoms with van der Waals surface area (Å²) < 4.78 is 12.3. The Morgan fingerprint density at radius 3 is 2.69 bits per heavy atom. The van der Waals surface area contributed by atoms with Gasteiger partial charge in [-0.3, -0.25) is 9.20 Å². The molecular formula is C22H37IN4OS. The summed E-state index contributed by atoms with van der Waals surface area (Å²) in [5, 5.41) is 6.94. The van der Waals surface area contributed by atoms with Crippen LogP contribution in [0.5, 0.6) is 0 Å². The van der Waals surface area contributed by atoms with Crippen molar-refractivity contribution in [2.75, 3.05) is 38.5 Å². The predicted octanol–water partition coefficient (Wildman–Crippen LogP) is 3.37. The number of nitrogens with zero attached hydrogens (tertiary/aromatic N) is 2. The van der Waals surface area contributed by atoms with Gasteiger partial charge in [0.25, 0.3) is 0 Å². The van der Waals surface area contributed by atoms with Crippen LogP contribution in [0, 0.1) is 5.92 Å². The lowest BCUT2D eigenvalue weighted by Crippen LogP contribution is -2.45. The van der Waals surface area contributed by atoms with E-state index < -0.39 is 10.8 Å². The van der Waals surface area contributed by atoms with Gasteiger partial charge in [-0.15, -0.1) is 24.0 Å². The summed E-state index contributed by atoms with van der Waals surface area (Å²) in [4.78, 5) is 7.29. The average molecular weight is 533 g/mol. The van der Waals surface area contributed by atoms with E-state index in [0.717, 1.165) is 30.5 Å². The Kier molecular flexibility index (Phi) is 11.5. The number of hydrogen-bond donors (Lipinski definition) is 2. The number of aliphatic imine (C=N–C) groups is 1. The van der Waals surface area contributed by atoms with E-state index in [1.807, 2.05) is 30.3 Å². The minimum absolute atomic E-state index is 0. The van der Waals surface area contributed by atoms with E-state index in [-0.39, 0.29) is 24.0 Å². The molecule has 1 saturated heterocycles. The largest absolute Gasteiger partial charge is 0.357 e. The minimum Gasteiger partial charge on any atom is -0.357 e. The standard InChI is InChI=1S/C22H36N4OS.HI/c1-2-23-22(24-13-15-28(27)18-20-10-4-3-5-11-20)25-21-12-14-26(17-21)16-19-8-6-7-9-19;/h3-5,10-11,19,21H,2,6-9,12-18H2,1H3,(H2,23,24,25);1H. The Labute approximate surface area is 196 Å². The van der Waals surface area contributed by atoms with E-state index in [1.165, 1.54) is 45.2 Å². The Bertz CT molecular complexity index is 637. The second-order valence-electron chi connectivity index (χ2n) is 8.07. The van der Waals surface area contributed by atoms with Gasteiger partial charge in [-0.2, -0.15) is 0 Å². The van der Waals surface area contributed by atoms with E-state index >= 15 is 0 Å². The molecule has 1 aromatic rings. The molecule has 0 aromatic heterocycles. The van der Waals surface area contributed by atoms with Gasteiger partial charge in [0, 0.05) is 54.5 Å². The highest BCUT2D eigenvalue weighted by atomic mass is 127. The number of hydrogen-bond acceptors (Lipinski definition) is 3.